The van der Waals surface area contributed by atoms with E-state index in [-0.39, 0.29) is 43.8 Å². The zero-order chi connectivity index (χ0) is 24.0. The number of hydrogen-bond acceptors (Lipinski definition) is 5. The second-order valence-corrected chi connectivity index (χ2v) is 8.87. The Balaban J connectivity index is 1.50. The van der Waals surface area contributed by atoms with Crippen LogP contribution in [0.4, 0.5) is 20.4 Å². The molecule has 0 aliphatic carbocycles. The van der Waals surface area contributed by atoms with Gasteiger partial charge in [-0.15, -0.1) is 0 Å². The van der Waals surface area contributed by atoms with Gasteiger partial charge in [0.1, 0.15) is 29.8 Å². The van der Waals surface area contributed by atoms with E-state index in [1.807, 2.05) is 24.8 Å². The van der Waals surface area contributed by atoms with Gasteiger partial charge < -0.3 is 9.80 Å². The predicted molar refractivity (Wildman–Crippen MR) is 122 cm³/mol. The maximum Gasteiger partial charge on any atom is 0.258 e. The van der Waals surface area contributed by atoms with Crippen molar-refractivity contribution in [3.63, 3.8) is 0 Å². The lowest BCUT2D eigenvalue weighted by Crippen LogP contribution is -2.81. The van der Waals surface area contributed by atoms with Crippen LogP contribution in [0.25, 0.3) is 0 Å². The van der Waals surface area contributed by atoms with E-state index in [1.165, 1.54) is 23.1 Å². The lowest BCUT2D eigenvalue weighted by atomic mass is 9.83. The summed E-state index contributed by atoms with van der Waals surface area (Å²) in [5.74, 6) is -0.292. The molecule has 5 rings (SSSR count). The van der Waals surface area contributed by atoms with Gasteiger partial charge in [-0.25, -0.2) is 18.7 Å². The van der Waals surface area contributed by atoms with Crippen LogP contribution in [0.5, 0.6) is 0 Å². The largest absolute Gasteiger partial charge is 0.351 e. The van der Waals surface area contributed by atoms with Gasteiger partial charge in [0.2, 0.25) is 5.91 Å². The number of hydrogen-bond donors (Lipinski definition) is 0. The Morgan fingerprint density at radius 2 is 1.65 bits per heavy atom. The van der Waals surface area contributed by atoms with Crippen LogP contribution in [0.1, 0.15) is 16.7 Å². The number of aromatic nitrogens is 2. The normalized spacial score (nSPS) is 17.4. The highest BCUT2D eigenvalue weighted by Gasteiger charge is 2.60. The van der Waals surface area contributed by atoms with E-state index >= 15 is 0 Å². The molecule has 0 saturated carbocycles. The number of amides is 2. The molecule has 2 aliphatic rings. The number of piperazine rings is 1. The molecule has 9 heteroatoms. The highest BCUT2D eigenvalue weighted by atomic mass is 19.1. The van der Waals surface area contributed by atoms with Crippen LogP contribution < -0.4 is 9.80 Å². The third kappa shape index (κ3) is 3.67. The highest BCUT2D eigenvalue weighted by molar-refractivity contribution is 6.10. The molecule has 2 aliphatic heterocycles. The minimum atomic E-state index is -1.14. The summed E-state index contributed by atoms with van der Waals surface area (Å²) in [6.45, 7) is 4.23. The van der Waals surface area contributed by atoms with Crippen molar-refractivity contribution in [1.29, 1.82) is 0 Å². The Morgan fingerprint density at radius 3 is 2.29 bits per heavy atom. The molecule has 174 valence electrons. The first-order chi connectivity index (χ1) is 16.3. The van der Waals surface area contributed by atoms with Gasteiger partial charge in [0.25, 0.3) is 5.91 Å². The minimum Gasteiger partial charge on any atom is -0.351 e. The summed E-state index contributed by atoms with van der Waals surface area (Å²) in [6.07, 6.45) is 2.80. The van der Waals surface area contributed by atoms with Gasteiger partial charge in [-0.1, -0.05) is 18.2 Å². The van der Waals surface area contributed by atoms with Crippen LogP contribution in [-0.2, 0) is 16.1 Å². The molecule has 2 amide bonds. The van der Waals surface area contributed by atoms with Crippen molar-refractivity contribution in [2.45, 2.75) is 25.9 Å². The molecule has 4 heterocycles. The van der Waals surface area contributed by atoms with Crippen molar-refractivity contribution in [2.24, 2.45) is 0 Å². The SMILES string of the molecule is Cc1cnc(N2CC(=O)N(Cc3ccc(F)cc3)C3(CN(c4ccc(F)cn4)C3)C2=O)c(C)c1. The van der Waals surface area contributed by atoms with E-state index in [1.54, 1.807) is 29.3 Å². The molecular formula is C25H23F2N5O2. The van der Waals surface area contributed by atoms with Gasteiger partial charge in [-0.2, -0.15) is 0 Å². The van der Waals surface area contributed by atoms with Crippen molar-refractivity contribution in [3.8, 4) is 0 Å². The van der Waals surface area contributed by atoms with Crippen LogP contribution in [0.15, 0.2) is 54.9 Å². The van der Waals surface area contributed by atoms with Crippen molar-refractivity contribution in [2.75, 3.05) is 29.4 Å². The van der Waals surface area contributed by atoms with E-state index in [0.717, 1.165) is 22.9 Å². The zero-order valence-corrected chi connectivity index (χ0v) is 18.8. The third-order valence-electron chi connectivity index (χ3n) is 6.39. The van der Waals surface area contributed by atoms with E-state index < -0.39 is 11.4 Å². The summed E-state index contributed by atoms with van der Waals surface area (Å²) in [5.41, 5.74) is 1.35. The Labute approximate surface area is 195 Å². The Hall–Kier alpha value is -3.88. The molecule has 34 heavy (non-hydrogen) atoms. The van der Waals surface area contributed by atoms with Crippen molar-refractivity contribution >= 4 is 23.5 Å². The number of pyridine rings is 2. The molecule has 0 atom stereocenters. The quantitative estimate of drug-likeness (QED) is 0.595. The van der Waals surface area contributed by atoms with Crippen molar-refractivity contribution < 1.29 is 18.4 Å². The molecule has 0 bridgehead atoms. The molecule has 3 aromatic rings. The van der Waals surface area contributed by atoms with E-state index in [2.05, 4.69) is 9.97 Å². The van der Waals surface area contributed by atoms with Crippen LogP contribution in [0.2, 0.25) is 0 Å². The fraction of sp³-hybridized carbons (Fsp3) is 0.280. The second kappa shape index (κ2) is 8.16. The van der Waals surface area contributed by atoms with Gasteiger partial charge in [0, 0.05) is 12.7 Å². The molecule has 0 radical (unpaired) electrons. The third-order valence-corrected chi connectivity index (χ3v) is 6.39. The van der Waals surface area contributed by atoms with Crippen LogP contribution in [0, 0.1) is 25.5 Å². The topological polar surface area (TPSA) is 69.6 Å². The predicted octanol–water partition coefficient (Wildman–Crippen LogP) is 3.01. The Kier molecular flexibility index (Phi) is 5.27. The van der Waals surface area contributed by atoms with E-state index in [0.29, 0.717) is 11.6 Å². The summed E-state index contributed by atoms with van der Waals surface area (Å²) < 4.78 is 26.8. The first-order valence-electron chi connectivity index (χ1n) is 10.9. The Bertz CT molecular complexity index is 1260. The lowest BCUT2D eigenvalue weighted by Gasteiger charge is -2.58. The summed E-state index contributed by atoms with van der Waals surface area (Å²) in [7, 11) is 0. The van der Waals surface area contributed by atoms with Gasteiger partial charge in [-0.05, 0) is 54.8 Å². The number of halogens is 2. The molecule has 2 fully saturated rings. The van der Waals surface area contributed by atoms with E-state index in [9.17, 15) is 18.4 Å². The first kappa shape index (κ1) is 21.9. The standard InChI is InChI=1S/C25H23F2N5O2/c1-16-9-17(2)23(29-10-16)31-13-22(33)32(12-18-3-5-19(26)6-4-18)25(24(31)34)14-30(15-25)21-8-7-20(27)11-28-21/h3-11H,12-15H2,1-2H3. The van der Waals surface area contributed by atoms with Crippen molar-refractivity contribution in [1.82, 2.24) is 14.9 Å². The lowest BCUT2D eigenvalue weighted by molar-refractivity contribution is -0.153. The monoisotopic (exact) mass is 463 g/mol. The number of nitrogens with zero attached hydrogens (tertiary/aromatic N) is 5. The average Bonchev–Trinajstić information content (AvgIpc) is 2.78. The number of carbonyl (C=O) groups excluding carboxylic acids is 2. The fourth-order valence-corrected chi connectivity index (χ4v) is 4.68. The smallest absolute Gasteiger partial charge is 0.258 e. The maximum atomic E-state index is 13.9. The fourth-order valence-electron chi connectivity index (χ4n) is 4.68. The summed E-state index contributed by atoms with van der Waals surface area (Å²) >= 11 is 0. The number of anilines is 2. The highest BCUT2D eigenvalue weighted by Crippen LogP contribution is 2.38. The molecule has 0 unspecified atom stereocenters. The van der Waals surface area contributed by atoms with E-state index in [4.69, 9.17) is 0 Å². The second-order valence-electron chi connectivity index (χ2n) is 8.87. The summed E-state index contributed by atoms with van der Waals surface area (Å²) in [6, 6.07) is 10.7. The molecule has 0 N–H and O–H groups in total. The first-order valence-corrected chi connectivity index (χ1v) is 10.9. The number of rotatable bonds is 4. The molecule has 2 saturated heterocycles. The molecular weight excluding hydrogens is 440 g/mol. The zero-order valence-electron chi connectivity index (χ0n) is 18.8. The molecule has 1 spiro atoms. The van der Waals surface area contributed by atoms with Gasteiger partial charge in [0.05, 0.1) is 19.3 Å². The number of aryl methyl sites for hydroxylation is 2. The van der Waals surface area contributed by atoms with Gasteiger partial charge in [-0.3, -0.25) is 14.5 Å². The summed E-state index contributed by atoms with van der Waals surface area (Å²) in [4.78, 5) is 40.7. The van der Waals surface area contributed by atoms with Crippen LogP contribution >= 0.6 is 0 Å². The molecule has 2 aromatic heterocycles. The molecule has 7 nitrogen and oxygen atoms in total. The molecule has 1 aromatic carbocycles. The maximum absolute atomic E-state index is 13.9. The average molecular weight is 463 g/mol. The Morgan fingerprint density at radius 1 is 0.941 bits per heavy atom. The summed E-state index contributed by atoms with van der Waals surface area (Å²) in [5, 5.41) is 0. The van der Waals surface area contributed by atoms with Gasteiger partial charge in [0.15, 0.2) is 5.54 Å². The van der Waals surface area contributed by atoms with Crippen molar-refractivity contribution in [3.05, 3.63) is 83.2 Å². The number of benzene rings is 1. The van der Waals surface area contributed by atoms with Crippen LogP contribution in [0.3, 0.4) is 0 Å². The van der Waals surface area contributed by atoms with Gasteiger partial charge >= 0.3 is 0 Å². The van der Waals surface area contributed by atoms with Crippen LogP contribution in [-0.4, -0.2) is 51.9 Å². The minimum absolute atomic E-state index is 0.131. The number of carbonyl (C=O) groups is 2.